The van der Waals surface area contributed by atoms with Crippen molar-refractivity contribution in [1.82, 2.24) is 24.6 Å². The number of hydrogen-bond acceptors (Lipinski definition) is 8. The largest absolute Gasteiger partial charge is 0.470 e. The van der Waals surface area contributed by atoms with Gasteiger partial charge in [0, 0.05) is 49.7 Å². The first-order valence-electron chi connectivity index (χ1n) is 12.6. The molecule has 4 atom stereocenters. The summed E-state index contributed by atoms with van der Waals surface area (Å²) in [5.74, 6) is 0.637. The van der Waals surface area contributed by atoms with E-state index in [9.17, 15) is 4.79 Å². The van der Waals surface area contributed by atoms with Crippen LogP contribution in [-0.2, 0) is 9.47 Å². The summed E-state index contributed by atoms with van der Waals surface area (Å²) in [6.07, 6.45) is 4.04. The Labute approximate surface area is 220 Å². The van der Waals surface area contributed by atoms with Crippen LogP contribution in [-0.4, -0.2) is 75.1 Å². The molecule has 6 rings (SSSR count). The van der Waals surface area contributed by atoms with Crippen LogP contribution < -0.4 is 9.47 Å². The normalized spacial score (nSPS) is 22.8. The van der Waals surface area contributed by atoms with Crippen molar-refractivity contribution in [2.24, 2.45) is 5.92 Å². The third-order valence-corrected chi connectivity index (χ3v) is 6.71. The van der Waals surface area contributed by atoms with Crippen LogP contribution in [0.1, 0.15) is 33.6 Å². The van der Waals surface area contributed by atoms with Gasteiger partial charge in [-0.15, -0.1) is 10.2 Å². The first-order valence-corrected chi connectivity index (χ1v) is 12.6. The highest BCUT2D eigenvalue weighted by atomic mass is 19.1. The number of aromatic nitrogens is 4. The minimum absolute atomic E-state index is 0.0669. The Kier molecular flexibility index (Phi) is 7.20. The van der Waals surface area contributed by atoms with Crippen molar-refractivity contribution in [3.8, 4) is 28.6 Å². The Morgan fingerprint density at radius 2 is 2.00 bits per heavy atom. The molecule has 3 aliphatic rings. The van der Waals surface area contributed by atoms with Crippen LogP contribution in [0, 0.1) is 5.92 Å². The molecular formula is C27H32FN5O5. The fourth-order valence-electron chi connectivity index (χ4n) is 4.99. The number of nitrogens with zero attached hydrogens (tertiary/aromatic N) is 5. The first kappa shape index (κ1) is 25.9. The molecule has 10 nitrogen and oxygen atoms in total. The van der Waals surface area contributed by atoms with Gasteiger partial charge in [-0.3, -0.25) is 0 Å². The predicted octanol–water partition coefficient (Wildman–Crippen LogP) is 4.43. The molecule has 3 aromatic rings. The van der Waals surface area contributed by atoms with Crippen LogP contribution in [0.2, 0.25) is 0 Å². The van der Waals surface area contributed by atoms with Gasteiger partial charge in [0.05, 0.1) is 23.8 Å². The van der Waals surface area contributed by atoms with Gasteiger partial charge in [-0.25, -0.2) is 14.2 Å². The number of ether oxygens (including phenoxy) is 4. The zero-order valence-electron chi connectivity index (χ0n) is 21.9. The third kappa shape index (κ3) is 5.42. The lowest BCUT2D eigenvalue weighted by Gasteiger charge is -2.50. The van der Waals surface area contributed by atoms with Gasteiger partial charge in [0.2, 0.25) is 5.88 Å². The number of fused-ring (bicyclic) bond motifs is 3. The van der Waals surface area contributed by atoms with E-state index in [4.69, 9.17) is 18.9 Å². The summed E-state index contributed by atoms with van der Waals surface area (Å²) < 4.78 is 39.7. The van der Waals surface area contributed by atoms with Crippen molar-refractivity contribution >= 4 is 6.09 Å². The highest BCUT2D eigenvalue weighted by molar-refractivity contribution is 5.70. The maximum absolute atomic E-state index is 15.5. The highest BCUT2D eigenvalue weighted by Gasteiger charge is 2.52. The Hall–Kier alpha value is -3.73. The average Bonchev–Trinajstić information content (AvgIpc) is 3.44. The quantitative estimate of drug-likeness (QED) is 0.418. The lowest BCUT2D eigenvalue weighted by atomic mass is 9.76. The van der Waals surface area contributed by atoms with Crippen molar-refractivity contribution in [2.45, 2.75) is 57.5 Å². The third-order valence-electron chi connectivity index (χ3n) is 6.71. The molecular weight excluding hydrogens is 493 g/mol. The van der Waals surface area contributed by atoms with Gasteiger partial charge >= 0.3 is 6.09 Å². The standard InChI is InChI=1S/C27H32FN5O5/c1-27(2,3)38-26(34)33-14-17-5-9-21(33)24(28)25(17)37-23-10-8-20(30-31-23)19-7-6-18(32-12-11-29-15-32)13-22(19)36-16-35-4/h6-8,10-13,15,17,21,24-25H,5,9,14,16H2,1-4H3/t17?,21?,24-,25+/m0/s1. The van der Waals surface area contributed by atoms with Crippen molar-refractivity contribution in [2.75, 3.05) is 20.4 Å². The molecule has 2 unspecified atom stereocenters. The number of imidazole rings is 1. The SMILES string of the molecule is COCOc1cc(-n2ccnc2)ccc1-c1ccc(O[C@@H]2C3CCC([C@@H]2F)N(C(=O)OC(C)(C)C)C3)nn1. The van der Waals surface area contributed by atoms with E-state index < -0.39 is 30.0 Å². The number of carbonyl (C=O) groups excluding carboxylic acids is 1. The summed E-state index contributed by atoms with van der Waals surface area (Å²) in [7, 11) is 1.55. The lowest BCUT2D eigenvalue weighted by molar-refractivity contribution is -0.0981. The lowest BCUT2D eigenvalue weighted by Crippen LogP contribution is -2.64. The van der Waals surface area contributed by atoms with E-state index in [1.807, 2.05) is 29.0 Å². The zero-order chi connectivity index (χ0) is 26.9. The summed E-state index contributed by atoms with van der Waals surface area (Å²) in [5, 5.41) is 8.54. The Morgan fingerprint density at radius 3 is 2.66 bits per heavy atom. The van der Waals surface area contributed by atoms with Gasteiger partial charge in [0.15, 0.2) is 13.0 Å². The van der Waals surface area contributed by atoms with E-state index in [0.717, 1.165) is 17.7 Å². The van der Waals surface area contributed by atoms with Crippen molar-refractivity contribution in [1.29, 1.82) is 0 Å². The van der Waals surface area contributed by atoms with Gasteiger partial charge in [-0.05, 0) is 51.8 Å². The summed E-state index contributed by atoms with van der Waals surface area (Å²) >= 11 is 0. The maximum atomic E-state index is 15.5. The molecule has 38 heavy (non-hydrogen) atoms. The summed E-state index contributed by atoms with van der Waals surface area (Å²) in [6, 6.07) is 8.52. The van der Waals surface area contributed by atoms with Crippen molar-refractivity contribution in [3.05, 3.63) is 49.1 Å². The number of amides is 1. The number of alkyl halides is 1. The fraction of sp³-hybridized carbons (Fsp3) is 0.481. The molecule has 2 aromatic heterocycles. The molecule has 1 saturated carbocycles. The second-order valence-electron chi connectivity index (χ2n) is 10.5. The monoisotopic (exact) mass is 525 g/mol. The molecule has 1 amide bonds. The Bertz CT molecular complexity index is 1250. The summed E-state index contributed by atoms with van der Waals surface area (Å²) in [5.41, 5.74) is 1.52. The number of piperidine rings is 2. The first-order chi connectivity index (χ1) is 18.2. The van der Waals surface area contributed by atoms with Gasteiger partial charge in [0.25, 0.3) is 0 Å². The van der Waals surface area contributed by atoms with E-state index >= 15 is 4.39 Å². The molecule has 2 aliphatic heterocycles. The molecule has 1 aliphatic carbocycles. The van der Waals surface area contributed by atoms with Crippen LogP contribution in [0.3, 0.4) is 0 Å². The molecule has 0 spiro atoms. The topological polar surface area (TPSA) is 101 Å². The van der Waals surface area contributed by atoms with E-state index in [0.29, 0.717) is 24.4 Å². The van der Waals surface area contributed by atoms with Crippen LogP contribution in [0.15, 0.2) is 49.1 Å². The van der Waals surface area contributed by atoms with Crippen molar-refractivity contribution in [3.63, 3.8) is 0 Å². The molecule has 0 N–H and O–H groups in total. The maximum Gasteiger partial charge on any atom is 0.410 e. The van der Waals surface area contributed by atoms with E-state index in [1.54, 1.807) is 52.5 Å². The zero-order valence-corrected chi connectivity index (χ0v) is 21.9. The second kappa shape index (κ2) is 10.6. The van der Waals surface area contributed by atoms with Gasteiger partial charge in [-0.1, -0.05) is 0 Å². The van der Waals surface area contributed by atoms with Crippen molar-refractivity contribution < 1.29 is 28.1 Å². The summed E-state index contributed by atoms with van der Waals surface area (Å²) in [4.78, 5) is 18.2. The van der Waals surface area contributed by atoms with E-state index in [-0.39, 0.29) is 18.6 Å². The number of rotatable bonds is 7. The number of carbonyl (C=O) groups is 1. The smallest absolute Gasteiger partial charge is 0.410 e. The average molecular weight is 526 g/mol. The highest BCUT2D eigenvalue weighted by Crippen LogP contribution is 2.40. The predicted molar refractivity (Wildman–Crippen MR) is 136 cm³/mol. The minimum Gasteiger partial charge on any atom is -0.470 e. The van der Waals surface area contributed by atoms with Gasteiger partial charge in [0.1, 0.15) is 17.5 Å². The van der Waals surface area contributed by atoms with Crippen LogP contribution in [0.5, 0.6) is 11.6 Å². The second-order valence-corrected chi connectivity index (χ2v) is 10.5. The summed E-state index contributed by atoms with van der Waals surface area (Å²) in [6.45, 7) is 5.86. The Morgan fingerprint density at radius 1 is 1.16 bits per heavy atom. The molecule has 0 radical (unpaired) electrons. The molecule has 2 saturated heterocycles. The minimum atomic E-state index is -1.35. The molecule has 11 heteroatoms. The van der Waals surface area contributed by atoms with E-state index in [1.165, 1.54) is 4.90 Å². The fourth-order valence-corrected chi connectivity index (χ4v) is 4.99. The molecule has 1 aromatic carbocycles. The van der Waals surface area contributed by atoms with Gasteiger partial charge < -0.3 is 28.4 Å². The number of halogens is 1. The van der Waals surface area contributed by atoms with Crippen LogP contribution >= 0.6 is 0 Å². The van der Waals surface area contributed by atoms with Crippen LogP contribution in [0.25, 0.3) is 16.9 Å². The Balaban J connectivity index is 1.30. The molecule has 3 fully saturated rings. The number of hydrogen-bond donors (Lipinski definition) is 0. The van der Waals surface area contributed by atoms with E-state index in [2.05, 4.69) is 15.2 Å². The number of methoxy groups -OCH3 is 1. The van der Waals surface area contributed by atoms with Gasteiger partial charge in [-0.2, -0.15) is 0 Å². The van der Waals surface area contributed by atoms with Crippen LogP contribution in [0.4, 0.5) is 9.18 Å². The molecule has 2 bridgehead atoms. The molecule has 4 heterocycles. The number of benzene rings is 1. The molecule has 202 valence electrons.